The molecule has 5 heteroatoms. The molecule has 0 aliphatic heterocycles. The Labute approximate surface area is 169 Å². The molecule has 4 aromatic rings. The largest absolute Gasteiger partial charge is 0.422 e. The number of amides is 1. The summed E-state index contributed by atoms with van der Waals surface area (Å²) in [5.41, 5.74) is 2.49. The summed E-state index contributed by atoms with van der Waals surface area (Å²) < 4.78 is 6.40. The van der Waals surface area contributed by atoms with Crippen molar-refractivity contribution in [3.05, 3.63) is 98.4 Å². The fourth-order valence-electron chi connectivity index (χ4n) is 2.86. The number of nitrogens with one attached hydrogen (secondary N) is 1. The maximum atomic E-state index is 12.5. The zero-order valence-electron chi connectivity index (χ0n) is 14.1. The lowest BCUT2D eigenvalue weighted by Gasteiger charge is -2.08. The Morgan fingerprint density at radius 3 is 2.56 bits per heavy atom. The molecule has 0 unspecified atom stereocenters. The molecular formula is C22H14INO3. The average Bonchev–Trinajstić information content (AvgIpc) is 2.67. The van der Waals surface area contributed by atoms with Crippen LogP contribution in [0.25, 0.3) is 22.1 Å². The third-order valence-corrected chi connectivity index (χ3v) is 4.83. The van der Waals surface area contributed by atoms with Crippen molar-refractivity contribution in [1.29, 1.82) is 0 Å². The van der Waals surface area contributed by atoms with Crippen LogP contribution in [0.2, 0.25) is 0 Å². The first-order valence-electron chi connectivity index (χ1n) is 8.30. The molecule has 132 valence electrons. The number of rotatable bonds is 3. The standard InChI is InChI=1S/C22H14INO3/c23-17-8-3-7-16(11-17)21(25)24-18-9-4-6-14(12-18)19-13-15-5-1-2-10-20(15)27-22(19)26/h1-13H,(H,24,25). The van der Waals surface area contributed by atoms with Crippen molar-refractivity contribution >= 4 is 45.2 Å². The highest BCUT2D eigenvalue weighted by Crippen LogP contribution is 2.24. The number of anilines is 1. The van der Waals surface area contributed by atoms with Crippen molar-refractivity contribution in [3.63, 3.8) is 0 Å². The third-order valence-electron chi connectivity index (χ3n) is 4.16. The minimum absolute atomic E-state index is 0.198. The summed E-state index contributed by atoms with van der Waals surface area (Å²) in [7, 11) is 0. The summed E-state index contributed by atoms with van der Waals surface area (Å²) in [6.07, 6.45) is 0. The minimum Gasteiger partial charge on any atom is -0.422 e. The zero-order valence-corrected chi connectivity index (χ0v) is 16.3. The predicted molar refractivity (Wildman–Crippen MR) is 115 cm³/mol. The van der Waals surface area contributed by atoms with Crippen LogP contribution in [0.4, 0.5) is 5.69 Å². The van der Waals surface area contributed by atoms with Crippen LogP contribution in [0.5, 0.6) is 0 Å². The molecule has 3 aromatic carbocycles. The van der Waals surface area contributed by atoms with Gasteiger partial charge in [0.05, 0.1) is 5.56 Å². The SMILES string of the molecule is O=C(Nc1cccc(-c2cc3ccccc3oc2=O)c1)c1cccc(I)c1. The van der Waals surface area contributed by atoms with E-state index in [1.54, 1.807) is 30.3 Å². The van der Waals surface area contributed by atoms with Gasteiger partial charge in [0.15, 0.2) is 0 Å². The molecule has 0 atom stereocenters. The van der Waals surface area contributed by atoms with Gasteiger partial charge in [0, 0.05) is 20.2 Å². The molecule has 0 radical (unpaired) electrons. The van der Waals surface area contributed by atoms with E-state index in [1.807, 2.05) is 48.5 Å². The zero-order chi connectivity index (χ0) is 18.8. The third kappa shape index (κ3) is 3.78. The lowest BCUT2D eigenvalue weighted by atomic mass is 10.1. The number of benzene rings is 3. The van der Waals surface area contributed by atoms with Gasteiger partial charge in [-0.1, -0.05) is 36.4 Å². The second kappa shape index (κ2) is 7.36. The number of carbonyl (C=O) groups excluding carboxylic acids is 1. The van der Waals surface area contributed by atoms with E-state index in [2.05, 4.69) is 27.9 Å². The van der Waals surface area contributed by atoms with E-state index in [-0.39, 0.29) is 5.91 Å². The molecule has 0 saturated carbocycles. The van der Waals surface area contributed by atoms with Crippen molar-refractivity contribution < 1.29 is 9.21 Å². The van der Waals surface area contributed by atoms with Crippen LogP contribution >= 0.6 is 22.6 Å². The summed E-state index contributed by atoms with van der Waals surface area (Å²) in [6, 6.07) is 23.7. The van der Waals surface area contributed by atoms with Gasteiger partial charge in [-0.3, -0.25) is 4.79 Å². The Kier molecular flexibility index (Phi) is 4.77. The molecule has 0 aliphatic rings. The van der Waals surface area contributed by atoms with Gasteiger partial charge < -0.3 is 9.73 Å². The molecule has 0 spiro atoms. The Balaban J connectivity index is 1.68. The van der Waals surface area contributed by atoms with E-state index in [0.717, 1.165) is 8.96 Å². The summed E-state index contributed by atoms with van der Waals surface area (Å²) in [5.74, 6) is -0.198. The first-order chi connectivity index (χ1) is 13.1. The van der Waals surface area contributed by atoms with Crippen LogP contribution in [0.15, 0.2) is 88.1 Å². The molecule has 4 nitrogen and oxygen atoms in total. The second-order valence-electron chi connectivity index (χ2n) is 6.03. The Morgan fingerprint density at radius 1 is 0.889 bits per heavy atom. The number of hydrogen-bond acceptors (Lipinski definition) is 3. The first kappa shape index (κ1) is 17.5. The molecular weight excluding hydrogens is 453 g/mol. The van der Waals surface area contributed by atoms with Gasteiger partial charge in [-0.15, -0.1) is 0 Å². The van der Waals surface area contributed by atoms with E-state index < -0.39 is 5.63 Å². The molecule has 1 heterocycles. The van der Waals surface area contributed by atoms with Gasteiger partial charge in [0.25, 0.3) is 5.91 Å². The van der Waals surface area contributed by atoms with E-state index in [4.69, 9.17) is 4.42 Å². The topological polar surface area (TPSA) is 59.3 Å². The van der Waals surface area contributed by atoms with Crippen LogP contribution in [0, 0.1) is 3.57 Å². The fraction of sp³-hybridized carbons (Fsp3) is 0. The van der Waals surface area contributed by atoms with E-state index in [0.29, 0.717) is 28.0 Å². The van der Waals surface area contributed by atoms with Crippen LogP contribution in [0.1, 0.15) is 10.4 Å². The molecule has 0 aliphatic carbocycles. The number of halogens is 1. The monoisotopic (exact) mass is 467 g/mol. The normalized spacial score (nSPS) is 10.7. The van der Waals surface area contributed by atoms with E-state index in [1.165, 1.54) is 0 Å². The molecule has 1 amide bonds. The average molecular weight is 467 g/mol. The van der Waals surface area contributed by atoms with Crippen LogP contribution in [0.3, 0.4) is 0 Å². The Bertz CT molecular complexity index is 1210. The molecule has 27 heavy (non-hydrogen) atoms. The van der Waals surface area contributed by atoms with Gasteiger partial charge in [-0.25, -0.2) is 4.79 Å². The van der Waals surface area contributed by atoms with Gasteiger partial charge in [0.2, 0.25) is 0 Å². The number of fused-ring (bicyclic) bond motifs is 1. The van der Waals surface area contributed by atoms with Gasteiger partial charge >= 0.3 is 5.63 Å². The summed E-state index contributed by atoms with van der Waals surface area (Å²) >= 11 is 2.17. The highest BCUT2D eigenvalue weighted by molar-refractivity contribution is 14.1. The fourth-order valence-corrected chi connectivity index (χ4v) is 3.40. The second-order valence-corrected chi connectivity index (χ2v) is 7.28. The van der Waals surface area contributed by atoms with Crippen molar-refractivity contribution in [2.45, 2.75) is 0 Å². The number of para-hydroxylation sites is 1. The summed E-state index contributed by atoms with van der Waals surface area (Å²) in [5, 5.41) is 3.72. The van der Waals surface area contributed by atoms with Crippen molar-refractivity contribution in [2.24, 2.45) is 0 Å². The van der Waals surface area contributed by atoms with Gasteiger partial charge in [-0.05, 0) is 70.6 Å². The first-order valence-corrected chi connectivity index (χ1v) is 9.38. The highest BCUT2D eigenvalue weighted by Gasteiger charge is 2.10. The van der Waals surface area contributed by atoms with E-state index >= 15 is 0 Å². The molecule has 4 rings (SSSR count). The molecule has 0 bridgehead atoms. The van der Waals surface area contributed by atoms with Crippen molar-refractivity contribution in [3.8, 4) is 11.1 Å². The highest BCUT2D eigenvalue weighted by atomic mass is 127. The summed E-state index contributed by atoms with van der Waals surface area (Å²) in [4.78, 5) is 24.8. The lowest BCUT2D eigenvalue weighted by Crippen LogP contribution is -2.12. The predicted octanol–water partition coefficient (Wildman–Crippen LogP) is 5.32. The lowest BCUT2D eigenvalue weighted by molar-refractivity contribution is 0.102. The van der Waals surface area contributed by atoms with Crippen LogP contribution in [-0.4, -0.2) is 5.91 Å². The Morgan fingerprint density at radius 2 is 1.70 bits per heavy atom. The maximum absolute atomic E-state index is 12.5. The van der Waals surface area contributed by atoms with Gasteiger partial charge in [0.1, 0.15) is 5.58 Å². The molecule has 0 saturated heterocycles. The van der Waals surface area contributed by atoms with Gasteiger partial charge in [-0.2, -0.15) is 0 Å². The molecule has 0 fully saturated rings. The quantitative estimate of drug-likeness (QED) is 0.328. The minimum atomic E-state index is -0.408. The smallest absolute Gasteiger partial charge is 0.344 e. The van der Waals surface area contributed by atoms with Crippen LogP contribution < -0.4 is 10.9 Å². The van der Waals surface area contributed by atoms with Crippen LogP contribution in [-0.2, 0) is 0 Å². The Hall–Kier alpha value is -2.93. The van der Waals surface area contributed by atoms with Crippen molar-refractivity contribution in [1.82, 2.24) is 0 Å². The van der Waals surface area contributed by atoms with E-state index in [9.17, 15) is 9.59 Å². The van der Waals surface area contributed by atoms with Crippen molar-refractivity contribution in [2.75, 3.05) is 5.32 Å². The molecule has 1 N–H and O–H groups in total. The summed E-state index contributed by atoms with van der Waals surface area (Å²) in [6.45, 7) is 0. The number of hydrogen-bond donors (Lipinski definition) is 1. The number of carbonyl (C=O) groups is 1. The maximum Gasteiger partial charge on any atom is 0.344 e. The molecule has 1 aromatic heterocycles.